The lowest BCUT2D eigenvalue weighted by molar-refractivity contribution is 0.102. The summed E-state index contributed by atoms with van der Waals surface area (Å²) in [6.07, 6.45) is 3.46. The third kappa shape index (κ3) is 3.71. The van der Waals surface area contributed by atoms with E-state index in [2.05, 4.69) is 11.4 Å². The maximum Gasteiger partial charge on any atom is 0.171 e. The summed E-state index contributed by atoms with van der Waals surface area (Å²) < 4.78 is 5.54. The fourth-order valence-electron chi connectivity index (χ4n) is 1.85. The van der Waals surface area contributed by atoms with Crippen molar-refractivity contribution in [3.05, 3.63) is 10.4 Å². The zero-order chi connectivity index (χ0) is 14.5. The molecule has 0 aliphatic heterocycles. The van der Waals surface area contributed by atoms with Crippen molar-refractivity contribution < 1.29 is 9.53 Å². The van der Waals surface area contributed by atoms with Crippen LogP contribution in [0.15, 0.2) is 0 Å². The summed E-state index contributed by atoms with van der Waals surface area (Å²) in [7, 11) is 0. The fraction of sp³-hybridized carbons (Fsp3) is 0.571. The quantitative estimate of drug-likeness (QED) is 0.568. The van der Waals surface area contributed by atoms with Crippen LogP contribution in [-0.2, 0) is 4.74 Å². The van der Waals surface area contributed by atoms with Gasteiger partial charge in [0.05, 0.1) is 10.6 Å². The van der Waals surface area contributed by atoms with Crippen LogP contribution in [0.25, 0.3) is 0 Å². The summed E-state index contributed by atoms with van der Waals surface area (Å²) in [5, 5.41) is 12.9. The molecule has 20 heavy (non-hydrogen) atoms. The van der Waals surface area contributed by atoms with E-state index in [1.165, 1.54) is 31.1 Å². The van der Waals surface area contributed by atoms with Gasteiger partial charge in [-0.25, -0.2) is 0 Å². The zero-order valence-electron chi connectivity index (χ0n) is 11.6. The van der Waals surface area contributed by atoms with Gasteiger partial charge in [0.15, 0.2) is 5.78 Å². The number of nitriles is 1. The number of carbonyl (C=O) groups excluding carboxylic acids is 1. The van der Waals surface area contributed by atoms with Crippen molar-refractivity contribution in [3.63, 3.8) is 0 Å². The average Bonchev–Trinajstić information content (AvgIpc) is 3.17. The first kappa shape index (κ1) is 14.8. The second kappa shape index (κ2) is 6.73. The van der Waals surface area contributed by atoms with E-state index in [4.69, 9.17) is 15.7 Å². The molecule has 1 heterocycles. The SMILES string of the molecule is CC(=O)c1sc(NCCCOCC2CC2)c(C#N)c1N. The molecule has 5 nitrogen and oxygen atoms in total. The van der Waals surface area contributed by atoms with E-state index < -0.39 is 0 Å². The highest BCUT2D eigenvalue weighted by Crippen LogP contribution is 2.35. The van der Waals surface area contributed by atoms with Gasteiger partial charge < -0.3 is 15.8 Å². The predicted molar refractivity (Wildman–Crippen MR) is 80.1 cm³/mol. The molecule has 0 saturated heterocycles. The van der Waals surface area contributed by atoms with Crippen molar-refractivity contribution in [1.82, 2.24) is 0 Å². The molecule has 1 saturated carbocycles. The molecule has 0 radical (unpaired) electrons. The molecule has 2 rings (SSSR count). The highest BCUT2D eigenvalue weighted by molar-refractivity contribution is 7.18. The van der Waals surface area contributed by atoms with Crippen molar-refractivity contribution in [1.29, 1.82) is 5.26 Å². The first-order valence-electron chi connectivity index (χ1n) is 6.78. The molecule has 0 aromatic carbocycles. The highest BCUT2D eigenvalue weighted by atomic mass is 32.1. The Labute approximate surface area is 122 Å². The van der Waals surface area contributed by atoms with Gasteiger partial charge in [-0.1, -0.05) is 0 Å². The maximum absolute atomic E-state index is 11.4. The van der Waals surface area contributed by atoms with Crippen LogP contribution >= 0.6 is 11.3 Å². The molecular formula is C14H19N3O2S. The third-order valence-corrected chi connectivity index (χ3v) is 4.44. The van der Waals surface area contributed by atoms with Crippen molar-refractivity contribution >= 4 is 27.8 Å². The lowest BCUT2D eigenvalue weighted by atomic mass is 10.2. The number of nitrogens with one attached hydrogen (secondary N) is 1. The number of carbonyl (C=O) groups is 1. The number of thiophene rings is 1. The molecule has 1 aromatic heterocycles. The van der Waals surface area contributed by atoms with Crippen LogP contribution in [0.1, 0.15) is 41.4 Å². The molecule has 0 unspecified atom stereocenters. The van der Waals surface area contributed by atoms with E-state index in [-0.39, 0.29) is 11.5 Å². The number of nitrogens with zero attached hydrogens (tertiary/aromatic N) is 1. The molecule has 1 aliphatic rings. The van der Waals surface area contributed by atoms with Crippen LogP contribution in [0.2, 0.25) is 0 Å². The molecular weight excluding hydrogens is 274 g/mol. The van der Waals surface area contributed by atoms with Crippen LogP contribution in [0.3, 0.4) is 0 Å². The molecule has 0 spiro atoms. The fourth-order valence-corrected chi connectivity index (χ4v) is 2.84. The Morgan fingerprint density at radius 3 is 2.95 bits per heavy atom. The Morgan fingerprint density at radius 1 is 1.60 bits per heavy atom. The summed E-state index contributed by atoms with van der Waals surface area (Å²) >= 11 is 1.25. The van der Waals surface area contributed by atoms with Crippen LogP contribution < -0.4 is 11.1 Å². The van der Waals surface area contributed by atoms with Crippen LogP contribution in [0.4, 0.5) is 10.7 Å². The van der Waals surface area contributed by atoms with Crippen molar-refractivity contribution in [2.75, 3.05) is 30.8 Å². The molecule has 1 aromatic rings. The van der Waals surface area contributed by atoms with Gasteiger partial charge in [-0.3, -0.25) is 4.79 Å². The summed E-state index contributed by atoms with van der Waals surface area (Å²) in [6.45, 7) is 3.74. The molecule has 0 amide bonds. The van der Waals surface area contributed by atoms with Gasteiger partial charge in [0, 0.05) is 26.7 Å². The predicted octanol–water partition coefficient (Wildman–Crippen LogP) is 2.63. The number of anilines is 2. The molecule has 1 aliphatic carbocycles. The van der Waals surface area contributed by atoms with Crippen LogP contribution in [0.5, 0.6) is 0 Å². The van der Waals surface area contributed by atoms with Gasteiger partial charge in [0.2, 0.25) is 0 Å². The molecule has 1 fully saturated rings. The lowest BCUT2D eigenvalue weighted by Crippen LogP contribution is -2.06. The number of rotatable bonds is 8. The van der Waals surface area contributed by atoms with Gasteiger partial charge in [-0.05, 0) is 25.2 Å². The molecule has 3 N–H and O–H groups in total. The number of Topliss-reactive ketones (excluding diaryl/α,β-unsaturated/α-hetero) is 1. The number of nitrogen functional groups attached to an aromatic ring is 1. The minimum absolute atomic E-state index is 0.107. The normalized spacial score (nSPS) is 14.0. The minimum atomic E-state index is -0.107. The van der Waals surface area contributed by atoms with E-state index in [0.717, 1.165) is 18.9 Å². The number of nitrogens with two attached hydrogens (primary N) is 1. The monoisotopic (exact) mass is 293 g/mol. The van der Waals surface area contributed by atoms with E-state index in [1.54, 1.807) is 0 Å². The maximum atomic E-state index is 11.4. The number of ether oxygens (including phenoxy) is 1. The van der Waals surface area contributed by atoms with Gasteiger partial charge in [-0.15, -0.1) is 11.3 Å². The van der Waals surface area contributed by atoms with Crippen molar-refractivity contribution in [2.24, 2.45) is 5.92 Å². The van der Waals surface area contributed by atoms with Crippen LogP contribution in [0, 0.1) is 17.2 Å². The van der Waals surface area contributed by atoms with Gasteiger partial charge >= 0.3 is 0 Å². The first-order valence-corrected chi connectivity index (χ1v) is 7.60. The minimum Gasteiger partial charge on any atom is -0.396 e. The second-order valence-corrected chi connectivity index (χ2v) is 6.04. The summed E-state index contributed by atoms with van der Waals surface area (Å²) in [5.41, 5.74) is 6.47. The van der Waals surface area contributed by atoms with E-state index in [1.807, 2.05) is 0 Å². The first-order chi connectivity index (χ1) is 9.63. The number of hydrogen-bond donors (Lipinski definition) is 2. The standard InChI is InChI=1S/C14H19N3O2S/c1-9(18)13-12(16)11(7-15)14(20-13)17-5-2-6-19-8-10-3-4-10/h10,17H,2-6,8,16H2,1H3. The Bertz CT molecular complexity index is 529. The summed E-state index contributed by atoms with van der Waals surface area (Å²) in [5.74, 6) is 0.674. The van der Waals surface area contributed by atoms with Gasteiger partial charge in [0.1, 0.15) is 16.6 Å². The Kier molecular flexibility index (Phi) is 4.99. The van der Waals surface area contributed by atoms with E-state index >= 15 is 0 Å². The molecule has 0 atom stereocenters. The Morgan fingerprint density at radius 2 is 2.35 bits per heavy atom. The smallest absolute Gasteiger partial charge is 0.171 e. The lowest BCUT2D eigenvalue weighted by Gasteiger charge is -2.05. The highest BCUT2D eigenvalue weighted by Gasteiger charge is 2.21. The summed E-state index contributed by atoms with van der Waals surface area (Å²) in [4.78, 5) is 11.9. The van der Waals surface area contributed by atoms with E-state index in [9.17, 15) is 4.79 Å². The number of ketones is 1. The average molecular weight is 293 g/mol. The van der Waals surface area contributed by atoms with Crippen LogP contribution in [-0.4, -0.2) is 25.5 Å². The topological polar surface area (TPSA) is 88.1 Å². The largest absolute Gasteiger partial charge is 0.396 e. The van der Waals surface area contributed by atoms with Crippen molar-refractivity contribution in [2.45, 2.75) is 26.2 Å². The van der Waals surface area contributed by atoms with Crippen molar-refractivity contribution in [3.8, 4) is 6.07 Å². The number of hydrogen-bond acceptors (Lipinski definition) is 6. The van der Waals surface area contributed by atoms with Gasteiger partial charge in [-0.2, -0.15) is 5.26 Å². The summed E-state index contributed by atoms with van der Waals surface area (Å²) in [6, 6.07) is 2.05. The second-order valence-electron chi connectivity index (χ2n) is 5.02. The Hall–Kier alpha value is -1.58. The zero-order valence-corrected chi connectivity index (χ0v) is 12.4. The molecule has 0 bridgehead atoms. The van der Waals surface area contributed by atoms with E-state index in [0.29, 0.717) is 28.6 Å². The Balaban J connectivity index is 1.80. The molecule has 6 heteroatoms. The third-order valence-electron chi connectivity index (χ3n) is 3.18. The van der Waals surface area contributed by atoms with Gasteiger partial charge in [0.25, 0.3) is 0 Å². The molecule has 108 valence electrons.